The average molecular weight is 328 g/mol. The van der Waals surface area contributed by atoms with E-state index in [1.54, 1.807) is 0 Å². The molecule has 128 valence electrons. The van der Waals surface area contributed by atoms with Gasteiger partial charge in [0.2, 0.25) is 11.8 Å². The molecule has 1 atom stereocenters. The Morgan fingerprint density at radius 2 is 1.79 bits per heavy atom. The van der Waals surface area contributed by atoms with Gasteiger partial charge in [-0.3, -0.25) is 14.4 Å². The second-order valence-electron chi connectivity index (χ2n) is 6.76. The summed E-state index contributed by atoms with van der Waals surface area (Å²) in [5.74, 6) is -0.615. The van der Waals surface area contributed by atoms with Gasteiger partial charge in [0.05, 0.1) is 0 Å². The zero-order valence-electron chi connectivity index (χ0n) is 13.9. The number of rotatable bonds is 5. The fraction of sp³-hybridized carbons (Fsp3) is 0.526. The van der Waals surface area contributed by atoms with Gasteiger partial charge in [-0.1, -0.05) is 12.1 Å². The van der Waals surface area contributed by atoms with E-state index in [2.05, 4.69) is 0 Å². The van der Waals surface area contributed by atoms with Crippen molar-refractivity contribution in [2.24, 2.45) is 5.73 Å². The summed E-state index contributed by atoms with van der Waals surface area (Å²) in [4.78, 5) is 37.6. The molecular weight excluding hydrogens is 304 g/mol. The Hall–Kier alpha value is -2.17. The monoisotopic (exact) mass is 328 g/mol. The van der Waals surface area contributed by atoms with Crippen molar-refractivity contribution in [1.82, 2.24) is 4.90 Å². The lowest BCUT2D eigenvalue weighted by Crippen LogP contribution is -2.43. The number of nitrogens with two attached hydrogens (primary N) is 1. The fourth-order valence-electron chi connectivity index (χ4n) is 3.78. The van der Waals surface area contributed by atoms with Crippen molar-refractivity contribution in [3.05, 3.63) is 34.9 Å². The topological polar surface area (TPSA) is 80.5 Å². The van der Waals surface area contributed by atoms with Gasteiger partial charge in [-0.25, -0.2) is 0 Å². The standard InChI is InChI=1S/C19H24N2O3/c20-19(24)16-6-3-11-21(16)18(23)10-9-17(22)15-8-7-13-4-1-2-5-14(13)12-15/h7-8,12,16H,1-6,9-11H2,(H2,20,24)/t16-/m1/s1. The Balaban J connectivity index is 1.59. The van der Waals surface area contributed by atoms with Crippen molar-refractivity contribution >= 4 is 17.6 Å². The highest BCUT2D eigenvalue weighted by Gasteiger charge is 2.32. The lowest BCUT2D eigenvalue weighted by molar-refractivity contribution is -0.137. The van der Waals surface area contributed by atoms with Gasteiger partial charge in [0.1, 0.15) is 6.04 Å². The summed E-state index contributed by atoms with van der Waals surface area (Å²) in [6, 6.07) is 5.41. The number of ketones is 1. The number of likely N-dealkylation sites (tertiary alicyclic amines) is 1. The maximum atomic E-state index is 12.4. The number of fused-ring (bicyclic) bond motifs is 1. The minimum Gasteiger partial charge on any atom is -0.368 e. The molecule has 5 heteroatoms. The zero-order valence-corrected chi connectivity index (χ0v) is 13.9. The SMILES string of the molecule is NC(=O)[C@H]1CCCN1C(=O)CCC(=O)c1ccc2c(c1)CCCC2. The van der Waals surface area contributed by atoms with Crippen LogP contribution in [-0.2, 0) is 22.4 Å². The number of hydrogen-bond donors (Lipinski definition) is 1. The molecule has 5 nitrogen and oxygen atoms in total. The number of carbonyl (C=O) groups excluding carboxylic acids is 3. The molecule has 0 aromatic heterocycles. The van der Waals surface area contributed by atoms with Crippen LogP contribution in [0.4, 0.5) is 0 Å². The predicted molar refractivity (Wildman–Crippen MR) is 90.6 cm³/mol. The molecular formula is C19H24N2O3. The van der Waals surface area contributed by atoms with Gasteiger partial charge in [0.25, 0.3) is 0 Å². The van der Waals surface area contributed by atoms with E-state index >= 15 is 0 Å². The first-order chi connectivity index (χ1) is 11.6. The summed E-state index contributed by atoms with van der Waals surface area (Å²) in [6.07, 6.45) is 6.24. The average Bonchev–Trinajstić information content (AvgIpc) is 3.09. The molecule has 0 bridgehead atoms. The molecule has 0 spiro atoms. The lowest BCUT2D eigenvalue weighted by atomic mass is 9.89. The van der Waals surface area contributed by atoms with Crippen molar-refractivity contribution in [1.29, 1.82) is 0 Å². The van der Waals surface area contributed by atoms with Gasteiger partial charge >= 0.3 is 0 Å². The van der Waals surface area contributed by atoms with Crippen molar-refractivity contribution in [2.75, 3.05) is 6.54 Å². The largest absolute Gasteiger partial charge is 0.368 e. The number of benzene rings is 1. The molecule has 1 aromatic carbocycles. The molecule has 1 saturated heterocycles. The Bertz CT molecular complexity index is 669. The summed E-state index contributed by atoms with van der Waals surface area (Å²) in [7, 11) is 0. The third-order valence-electron chi connectivity index (χ3n) is 5.14. The Kier molecular flexibility index (Phi) is 4.97. The van der Waals surface area contributed by atoms with Crippen LogP contribution in [0.15, 0.2) is 18.2 Å². The Morgan fingerprint density at radius 3 is 2.54 bits per heavy atom. The molecule has 1 aliphatic heterocycles. The highest BCUT2D eigenvalue weighted by atomic mass is 16.2. The molecule has 0 saturated carbocycles. The van der Waals surface area contributed by atoms with E-state index in [0.717, 1.165) is 19.3 Å². The smallest absolute Gasteiger partial charge is 0.240 e. The number of amides is 2. The van der Waals surface area contributed by atoms with E-state index in [4.69, 9.17) is 5.73 Å². The molecule has 2 amide bonds. The summed E-state index contributed by atoms with van der Waals surface area (Å²) in [6.45, 7) is 0.555. The van der Waals surface area contributed by atoms with Crippen LogP contribution in [0.3, 0.4) is 0 Å². The van der Waals surface area contributed by atoms with Crippen molar-refractivity contribution in [3.8, 4) is 0 Å². The van der Waals surface area contributed by atoms with Crippen molar-refractivity contribution in [3.63, 3.8) is 0 Å². The van der Waals surface area contributed by atoms with Gasteiger partial charge in [-0.05, 0) is 55.7 Å². The highest BCUT2D eigenvalue weighted by Crippen LogP contribution is 2.23. The molecule has 0 radical (unpaired) electrons. The van der Waals surface area contributed by atoms with Gasteiger partial charge in [-0.15, -0.1) is 0 Å². The maximum absolute atomic E-state index is 12.4. The number of hydrogen-bond acceptors (Lipinski definition) is 3. The van der Waals surface area contributed by atoms with Crippen LogP contribution in [0.5, 0.6) is 0 Å². The van der Waals surface area contributed by atoms with Gasteiger partial charge in [0.15, 0.2) is 5.78 Å². The zero-order chi connectivity index (χ0) is 17.1. The third kappa shape index (κ3) is 3.50. The Morgan fingerprint density at radius 1 is 1.04 bits per heavy atom. The first-order valence-corrected chi connectivity index (χ1v) is 8.80. The number of aryl methyl sites for hydroxylation is 2. The first-order valence-electron chi connectivity index (χ1n) is 8.80. The van der Waals surface area contributed by atoms with Crippen LogP contribution in [0.2, 0.25) is 0 Å². The maximum Gasteiger partial charge on any atom is 0.240 e. The minimum absolute atomic E-state index is 0.00783. The van der Waals surface area contributed by atoms with Gasteiger partial charge < -0.3 is 10.6 Å². The van der Waals surface area contributed by atoms with E-state index < -0.39 is 11.9 Å². The second kappa shape index (κ2) is 7.16. The summed E-state index contributed by atoms with van der Waals surface area (Å²) >= 11 is 0. The number of nitrogens with zero attached hydrogens (tertiary/aromatic N) is 1. The molecule has 1 fully saturated rings. The van der Waals surface area contributed by atoms with Crippen LogP contribution in [0.25, 0.3) is 0 Å². The van der Waals surface area contributed by atoms with E-state index in [0.29, 0.717) is 18.5 Å². The molecule has 2 aliphatic rings. The van der Waals surface area contributed by atoms with Crippen LogP contribution in [0, 0.1) is 0 Å². The van der Waals surface area contributed by atoms with Gasteiger partial charge in [-0.2, -0.15) is 0 Å². The number of Topliss-reactive ketones (excluding diaryl/α,β-unsaturated/α-hetero) is 1. The summed E-state index contributed by atoms with van der Waals surface area (Å²) in [5.41, 5.74) is 8.64. The van der Waals surface area contributed by atoms with Crippen LogP contribution >= 0.6 is 0 Å². The molecule has 1 heterocycles. The minimum atomic E-state index is -0.503. The second-order valence-corrected chi connectivity index (χ2v) is 6.76. The van der Waals surface area contributed by atoms with Crippen LogP contribution < -0.4 is 5.73 Å². The predicted octanol–water partition coefficient (Wildman–Crippen LogP) is 2.00. The molecule has 24 heavy (non-hydrogen) atoms. The lowest BCUT2D eigenvalue weighted by Gasteiger charge is -2.22. The quantitative estimate of drug-likeness (QED) is 0.840. The highest BCUT2D eigenvalue weighted by molar-refractivity contribution is 5.98. The molecule has 1 aromatic rings. The first kappa shape index (κ1) is 16.7. The summed E-state index contributed by atoms with van der Waals surface area (Å²) < 4.78 is 0. The summed E-state index contributed by atoms with van der Waals surface area (Å²) in [5, 5.41) is 0. The third-order valence-corrected chi connectivity index (χ3v) is 5.14. The molecule has 3 rings (SSSR count). The molecule has 0 unspecified atom stereocenters. The van der Waals surface area contributed by atoms with Crippen molar-refractivity contribution < 1.29 is 14.4 Å². The number of carbonyl (C=O) groups is 3. The normalized spacial score (nSPS) is 19.8. The Labute approximate surface area is 142 Å². The van der Waals surface area contributed by atoms with Crippen molar-refractivity contribution in [2.45, 2.75) is 57.4 Å². The molecule has 2 N–H and O–H groups in total. The van der Waals surface area contributed by atoms with Crippen LogP contribution in [0.1, 0.15) is 60.0 Å². The van der Waals surface area contributed by atoms with E-state index in [-0.39, 0.29) is 24.5 Å². The van der Waals surface area contributed by atoms with Gasteiger partial charge in [0, 0.05) is 24.9 Å². The van der Waals surface area contributed by atoms with E-state index in [1.807, 2.05) is 18.2 Å². The fourth-order valence-corrected chi connectivity index (χ4v) is 3.78. The van der Waals surface area contributed by atoms with Crippen LogP contribution in [-0.4, -0.2) is 35.1 Å². The molecule has 1 aliphatic carbocycles. The number of primary amides is 1. The van der Waals surface area contributed by atoms with E-state index in [1.165, 1.54) is 28.9 Å². The van der Waals surface area contributed by atoms with E-state index in [9.17, 15) is 14.4 Å².